The van der Waals surface area contributed by atoms with E-state index >= 15 is 0 Å². The minimum Gasteiger partial charge on any atom is -0.343 e. The normalized spacial score (nSPS) is 23.2. The predicted octanol–water partition coefficient (Wildman–Crippen LogP) is 1.71. The summed E-state index contributed by atoms with van der Waals surface area (Å²) in [6.07, 6.45) is 10.4. The number of nitrogens with one attached hydrogen (secondary N) is 1. The van der Waals surface area contributed by atoms with Gasteiger partial charge in [0.1, 0.15) is 0 Å². The fourth-order valence-corrected chi connectivity index (χ4v) is 3.26. The molecule has 3 rings (SSSR count). The highest BCUT2D eigenvalue weighted by Crippen LogP contribution is 2.22. The highest BCUT2D eigenvalue weighted by atomic mass is 16.2. The largest absolute Gasteiger partial charge is 0.343 e. The first-order valence-electron chi connectivity index (χ1n) is 7.86. The molecular formula is C15H24N4O. The number of carbonyl (C=O) groups excluding carboxylic acids is 1. The summed E-state index contributed by atoms with van der Waals surface area (Å²) in [7, 11) is 0. The summed E-state index contributed by atoms with van der Waals surface area (Å²) in [4.78, 5) is 18.5. The van der Waals surface area contributed by atoms with Crippen molar-refractivity contribution in [2.75, 3.05) is 19.6 Å². The van der Waals surface area contributed by atoms with Crippen molar-refractivity contribution in [3.63, 3.8) is 0 Å². The SMILES string of the molecule is O=C(CCn1cncc1C1CCCN1)N1CCCCC1. The molecule has 1 N–H and O–H groups in total. The van der Waals surface area contributed by atoms with E-state index in [4.69, 9.17) is 0 Å². The molecule has 2 fully saturated rings. The van der Waals surface area contributed by atoms with Gasteiger partial charge in [-0.25, -0.2) is 4.98 Å². The van der Waals surface area contributed by atoms with E-state index in [-0.39, 0.29) is 0 Å². The lowest BCUT2D eigenvalue weighted by molar-refractivity contribution is -0.132. The first kappa shape index (κ1) is 13.6. The van der Waals surface area contributed by atoms with Crippen molar-refractivity contribution >= 4 is 5.91 Å². The van der Waals surface area contributed by atoms with Gasteiger partial charge in [0.25, 0.3) is 0 Å². The summed E-state index contributed by atoms with van der Waals surface area (Å²) in [5.41, 5.74) is 1.23. The fourth-order valence-electron chi connectivity index (χ4n) is 3.26. The second-order valence-corrected chi connectivity index (χ2v) is 5.85. The molecular weight excluding hydrogens is 252 g/mol. The third kappa shape index (κ3) is 3.03. The fraction of sp³-hybridized carbons (Fsp3) is 0.733. The number of carbonyl (C=O) groups is 1. The number of likely N-dealkylation sites (tertiary alicyclic amines) is 1. The van der Waals surface area contributed by atoms with Gasteiger partial charge in [-0.05, 0) is 38.6 Å². The van der Waals surface area contributed by atoms with Gasteiger partial charge in [0, 0.05) is 38.3 Å². The van der Waals surface area contributed by atoms with Crippen LogP contribution >= 0.6 is 0 Å². The molecule has 0 saturated carbocycles. The molecule has 0 aromatic carbocycles. The number of hydrogen-bond donors (Lipinski definition) is 1. The molecule has 0 spiro atoms. The molecule has 1 amide bonds. The number of aryl methyl sites for hydroxylation is 1. The van der Waals surface area contributed by atoms with Gasteiger partial charge < -0.3 is 14.8 Å². The zero-order valence-corrected chi connectivity index (χ0v) is 12.1. The molecule has 110 valence electrons. The topological polar surface area (TPSA) is 50.2 Å². The van der Waals surface area contributed by atoms with E-state index in [1.54, 1.807) is 0 Å². The van der Waals surface area contributed by atoms with Crippen LogP contribution in [0.1, 0.15) is 50.3 Å². The number of amides is 1. The number of aromatic nitrogens is 2. The maximum Gasteiger partial charge on any atom is 0.224 e. The average molecular weight is 276 g/mol. The smallest absolute Gasteiger partial charge is 0.224 e. The van der Waals surface area contributed by atoms with E-state index < -0.39 is 0 Å². The van der Waals surface area contributed by atoms with E-state index in [0.29, 0.717) is 18.4 Å². The number of nitrogens with zero attached hydrogens (tertiary/aromatic N) is 3. The molecule has 1 unspecified atom stereocenters. The van der Waals surface area contributed by atoms with Crippen LogP contribution in [0.25, 0.3) is 0 Å². The Hall–Kier alpha value is -1.36. The predicted molar refractivity (Wildman–Crippen MR) is 77.3 cm³/mol. The summed E-state index contributed by atoms with van der Waals surface area (Å²) < 4.78 is 2.14. The minimum absolute atomic E-state index is 0.295. The van der Waals surface area contributed by atoms with E-state index in [1.165, 1.54) is 25.0 Å². The van der Waals surface area contributed by atoms with Crippen molar-refractivity contribution in [2.45, 2.75) is 51.1 Å². The second kappa shape index (κ2) is 6.39. The van der Waals surface area contributed by atoms with E-state index in [1.807, 2.05) is 17.4 Å². The van der Waals surface area contributed by atoms with E-state index in [2.05, 4.69) is 14.9 Å². The molecule has 0 aliphatic carbocycles. The summed E-state index contributed by atoms with van der Waals surface area (Å²) >= 11 is 0. The van der Waals surface area contributed by atoms with Crippen LogP contribution in [0.2, 0.25) is 0 Å². The highest BCUT2D eigenvalue weighted by molar-refractivity contribution is 5.76. The van der Waals surface area contributed by atoms with Gasteiger partial charge in [0.2, 0.25) is 5.91 Å². The van der Waals surface area contributed by atoms with Crippen LogP contribution in [0.3, 0.4) is 0 Å². The molecule has 5 heteroatoms. The van der Waals surface area contributed by atoms with Gasteiger partial charge in [-0.3, -0.25) is 4.79 Å². The van der Waals surface area contributed by atoms with Gasteiger partial charge in [-0.15, -0.1) is 0 Å². The Labute approximate surface area is 120 Å². The lowest BCUT2D eigenvalue weighted by Crippen LogP contribution is -2.36. The third-order valence-corrected chi connectivity index (χ3v) is 4.44. The maximum atomic E-state index is 12.2. The summed E-state index contributed by atoms with van der Waals surface area (Å²) in [6, 6.07) is 0.419. The zero-order valence-electron chi connectivity index (χ0n) is 12.1. The number of piperidine rings is 1. The van der Waals surface area contributed by atoms with Crippen LogP contribution in [0, 0.1) is 0 Å². The summed E-state index contributed by atoms with van der Waals surface area (Å²) in [5, 5.41) is 3.49. The van der Waals surface area contributed by atoms with Crippen LogP contribution in [-0.2, 0) is 11.3 Å². The maximum absolute atomic E-state index is 12.2. The zero-order chi connectivity index (χ0) is 13.8. The molecule has 2 aliphatic heterocycles. The monoisotopic (exact) mass is 276 g/mol. The third-order valence-electron chi connectivity index (χ3n) is 4.44. The Morgan fingerprint density at radius 3 is 2.90 bits per heavy atom. The van der Waals surface area contributed by atoms with E-state index in [0.717, 1.165) is 39.0 Å². The van der Waals surface area contributed by atoms with Crippen LogP contribution in [0.5, 0.6) is 0 Å². The molecule has 20 heavy (non-hydrogen) atoms. The van der Waals surface area contributed by atoms with Crippen molar-refractivity contribution in [2.24, 2.45) is 0 Å². The highest BCUT2D eigenvalue weighted by Gasteiger charge is 2.21. The van der Waals surface area contributed by atoms with Crippen LogP contribution in [0.4, 0.5) is 0 Å². The Balaban J connectivity index is 1.55. The lowest BCUT2D eigenvalue weighted by atomic mass is 10.1. The average Bonchev–Trinajstić information content (AvgIpc) is 3.16. The van der Waals surface area contributed by atoms with Gasteiger partial charge in [-0.2, -0.15) is 0 Å². The molecule has 3 heterocycles. The Bertz CT molecular complexity index is 444. The Kier molecular flexibility index (Phi) is 4.35. The molecule has 0 radical (unpaired) electrons. The van der Waals surface area contributed by atoms with Gasteiger partial charge in [0.15, 0.2) is 0 Å². The van der Waals surface area contributed by atoms with E-state index in [9.17, 15) is 4.79 Å². The summed E-state index contributed by atoms with van der Waals surface area (Å²) in [5.74, 6) is 0.295. The number of imidazole rings is 1. The standard InChI is InChI=1S/C15H24N4O/c20-15(18-8-2-1-3-9-18)6-10-19-12-16-11-14(19)13-5-4-7-17-13/h11-13,17H,1-10H2. The van der Waals surface area contributed by atoms with Crippen LogP contribution in [0.15, 0.2) is 12.5 Å². The van der Waals surface area contributed by atoms with Crippen LogP contribution in [-0.4, -0.2) is 40.0 Å². The Morgan fingerprint density at radius 1 is 1.30 bits per heavy atom. The molecule has 1 aromatic heterocycles. The second-order valence-electron chi connectivity index (χ2n) is 5.85. The van der Waals surface area contributed by atoms with Crippen molar-refractivity contribution < 1.29 is 4.79 Å². The van der Waals surface area contributed by atoms with Gasteiger partial charge in [-0.1, -0.05) is 0 Å². The molecule has 2 aliphatic rings. The van der Waals surface area contributed by atoms with Crippen LogP contribution < -0.4 is 5.32 Å². The molecule has 0 bridgehead atoms. The van der Waals surface area contributed by atoms with Crippen molar-refractivity contribution in [1.82, 2.24) is 19.8 Å². The summed E-state index contributed by atoms with van der Waals surface area (Å²) in [6.45, 7) is 3.73. The molecule has 1 aromatic rings. The first-order valence-corrected chi connectivity index (χ1v) is 7.86. The molecule has 1 atom stereocenters. The number of rotatable bonds is 4. The Morgan fingerprint density at radius 2 is 2.15 bits per heavy atom. The molecule has 2 saturated heterocycles. The quantitative estimate of drug-likeness (QED) is 0.911. The minimum atomic E-state index is 0.295. The lowest BCUT2D eigenvalue weighted by Gasteiger charge is -2.27. The van der Waals surface area contributed by atoms with Gasteiger partial charge >= 0.3 is 0 Å². The molecule has 5 nitrogen and oxygen atoms in total. The van der Waals surface area contributed by atoms with Crippen molar-refractivity contribution in [3.8, 4) is 0 Å². The number of hydrogen-bond acceptors (Lipinski definition) is 3. The van der Waals surface area contributed by atoms with Gasteiger partial charge in [0.05, 0.1) is 12.0 Å². The van der Waals surface area contributed by atoms with Crippen molar-refractivity contribution in [3.05, 3.63) is 18.2 Å². The van der Waals surface area contributed by atoms with Crippen molar-refractivity contribution in [1.29, 1.82) is 0 Å². The first-order chi connectivity index (χ1) is 9.84.